The van der Waals surface area contributed by atoms with Gasteiger partial charge >= 0.3 is 17.5 Å². The van der Waals surface area contributed by atoms with E-state index in [0.717, 1.165) is 11.5 Å². The molecule has 0 aromatic carbocycles. The van der Waals surface area contributed by atoms with Crippen molar-refractivity contribution in [3.8, 4) is 0 Å². The summed E-state index contributed by atoms with van der Waals surface area (Å²) in [6.45, 7) is 1.90. The molecule has 2 heteroatoms. The lowest BCUT2D eigenvalue weighted by atomic mass is 10.3. The van der Waals surface area contributed by atoms with Gasteiger partial charge in [0.1, 0.15) is 0 Å². The summed E-state index contributed by atoms with van der Waals surface area (Å²) in [5, 5.41) is 3.75. The minimum Gasteiger partial charge on any atom is -0.301 e. The van der Waals surface area contributed by atoms with E-state index in [4.69, 9.17) is 4.84 Å². The van der Waals surface area contributed by atoms with Gasteiger partial charge in [-0.05, 0) is 18.0 Å². The van der Waals surface area contributed by atoms with Crippen LogP contribution in [0.2, 0.25) is 0 Å². The van der Waals surface area contributed by atoms with Crippen LogP contribution < -0.4 is 0 Å². The third-order valence-corrected chi connectivity index (χ3v) is 1.53. The van der Waals surface area contributed by atoms with Crippen molar-refractivity contribution in [2.45, 2.75) is 19.8 Å². The Labute approximate surface area is 54.2 Å². The van der Waals surface area contributed by atoms with Gasteiger partial charge in [0, 0.05) is 6.92 Å². The minimum absolute atomic E-state index is 0.645. The predicted molar refractivity (Wildman–Crippen MR) is 33.7 cm³/mol. The van der Waals surface area contributed by atoms with Gasteiger partial charge in [-0.15, -0.1) is 0 Å². The minimum atomic E-state index is 0.645. The van der Waals surface area contributed by atoms with E-state index >= 15 is 0 Å². The fourth-order valence-corrected chi connectivity index (χ4v) is 0.864. The molecule has 0 unspecified atom stereocenters. The van der Waals surface area contributed by atoms with Crippen LogP contribution in [0.25, 0.3) is 0 Å². The fourth-order valence-electron chi connectivity index (χ4n) is 0.864. The Morgan fingerprint density at radius 3 is 2.89 bits per heavy atom. The molecule has 1 heterocycles. The molecule has 0 N–H and O–H groups in total. The second-order valence-corrected chi connectivity index (χ2v) is 2.53. The van der Waals surface area contributed by atoms with Crippen molar-refractivity contribution in [3.63, 3.8) is 0 Å². The molecule has 0 aromatic rings. The summed E-state index contributed by atoms with van der Waals surface area (Å²) in [6, 6.07) is 0. The van der Waals surface area contributed by atoms with Crippen LogP contribution in [0.1, 0.15) is 19.8 Å². The molecule has 9 heavy (non-hydrogen) atoms. The van der Waals surface area contributed by atoms with E-state index in [1.807, 2.05) is 6.92 Å². The van der Waals surface area contributed by atoms with Gasteiger partial charge in [-0.2, -0.15) is 0 Å². The molecule has 0 saturated heterocycles. The normalized spacial score (nSPS) is 24.1. The van der Waals surface area contributed by atoms with Gasteiger partial charge in [0.15, 0.2) is 0 Å². The Balaban J connectivity index is 2.09. The third-order valence-electron chi connectivity index (χ3n) is 1.53. The summed E-state index contributed by atoms with van der Waals surface area (Å²) in [7, 11) is 0. The van der Waals surface area contributed by atoms with Crippen molar-refractivity contribution in [1.82, 2.24) is 0 Å². The Bertz CT molecular complexity index is 189. The summed E-state index contributed by atoms with van der Waals surface area (Å²) in [5.41, 5.74) is 0.872. The van der Waals surface area contributed by atoms with E-state index in [2.05, 4.69) is 11.2 Å². The Kier molecular flexibility index (Phi) is 0.852. The molecular formula is C7H8NO+. The molecule has 46 valence electrons. The molecule has 0 spiro atoms. The lowest BCUT2D eigenvalue weighted by Gasteiger charge is -1.80. The van der Waals surface area contributed by atoms with Crippen LogP contribution in [0, 0.1) is 12.0 Å². The number of hydrogen-bond donors (Lipinski definition) is 0. The lowest BCUT2D eigenvalue weighted by Crippen LogP contribution is -1.82. The Hall–Kier alpha value is -0.880. The summed E-state index contributed by atoms with van der Waals surface area (Å²) >= 11 is 0. The molecule has 2 aliphatic rings. The second kappa shape index (κ2) is 1.55. The summed E-state index contributed by atoms with van der Waals surface area (Å²) in [5.74, 6) is 1.60. The quantitative estimate of drug-likeness (QED) is 0.483. The Morgan fingerprint density at radius 1 is 1.67 bits per heavy atom. The van der Waals surface area contributed by atoms with Crippen LogP contribution in [-0.4, -0.2) is 5.71 Å². The SMILES string of the molecule is CC1=NOC(C2CC2)=[C+]1. The van der Waals surface area contributed by atoms with Crippen LogP contribution in [0.4, 0.5) is 0 Å². The monoisotopic (exact) mass is 122 g/mol. The molecule has 0 amide bonds. The van der Waals surface area contributed by atoms with E-state index in [9.17, 15) is 0 Å². The zero-order valence-electron chi connectivity index (χ0n) is 5.35. The molecule has 0 atom stereocenters. The van der Waals surface area contributed by atoms with E-state index in [1.54, 1.807) is 0 Å². The maximum Gasteiger partial charge on any atom is 0.378 e. The van der Waals surface area contributed by atoms with E-state index in [0.29, 0.717) is 5.92 Å². The van der Waals surface area contributed by atoms with Gasteiger partial charge in [0.25, 0.3) is 0 Å². The summed E-state index contributed by atoms with van der Waals surface area (Å²) in [6.07, 6.45) is 5.57. The van der Waals surface area contributed by atoms with Gasteiger partial charge in [0.05, 0.1) is 5.92 Å². The van der Waals surface area contributed by atoms with Crippen molar-refractivity contribution in [2.24, 2.45) is 11.1 Å². The highest BCUT2D eigenvalue weighted by molar-refractivity contribution is 5.90. The highest BCUT2D eigenvalue weighted by Gasteiger charge is 2.40. The predicted octanol–water partition coefficient (Wildman–Crippen LogP) is 1.49. The average molecular weight is 122 g/mol. The first-order valence-electron chi connectivity index (χ1n) is 3.22. The first kappa shape index (κ1) is 4.95. The molecule has 2 rings (SSSR count). The fraction of sp³-hybridized carbons (Fsp3) is 0.571. The third kappa shape index (κ3) is 0.816. The maximum absolute atomic E-state index is 4.98. The molecule has 1 aliphatic heterocycles. The van der Waals surface area contributed by atoms with Crippen LogP contribution in [0.3, 0.4) is 0 Å². The number of allylic oxidation sites excluding steroid dienone is 2. The number of oxime groups is 1. The van der Waals surface area contributed by atoms with Gasteiger partial charge in [0.2, 0.25) is 0 Å². The van der Waals surface area contributed by atoms with Crippen molar-refractivity contribution < 1.29 is 4.84 Å². The van der Waals surface area contributed by atoms with Gasteiger partial charge in [-0.3, -0.25) is 0 Å². The largest absolute Gasteiger partial charge is 0.378 e. The summed E-state index contributed by atoms with van der Waals surface area (Å²) < 4.78 is 0. The Morgan fingerprint density at radius 2 is 2.44 bits per heavy atom. The average Bonchev–Trinajstić information content (AvgIpc) is 2.58. The number of nitrogens with zero attached hydrogens (tertiary/aromatic N) is 1. The van der Waals surface area contributed by atoms with Crippen LogP contribution >= 0.6 is 0 Å². The van der Waals surface area contributed by atoms with Crippen LogP contribution in [0.15, 0.2) is 10.9 Å². The van der Waals surface area contributed by atoms with Crippen molar-refractivity contribution in [3.05, 3.63) is 11.8 Å². The topological polar surface area (TPSA) is 21.6 Å². The maximum atomic E-state index is 4.98. The van der Waals surface area contributed by atoms with E-state index in [1.165, 1.54) is 12.8 Å². The van der Waals surface area contributed by atoms with Gasteiger partial charge in [-0.25, -0.2) is 0 Å². The number of rotatable bonds is 1. The first-order valence-corrected chi connectivity index (χ1v) is 3.22. The van der Waals surface area contributed by atoms with Crippen molar-refractivity contribution in [2.75, 3.05) is 0 Å². The van der Waals surface area contributed by atoms with Crippen molar-refractivity contribution in [1.29, 1.82) is 0 Å². The lowest BCUT2D eigenvalue weighted by molar-refractivity contribution is 0.220. The molecular weight excluding hydrogens is 114 g/mol. The molecule has 2 nitrogen and oxygen atoms in total. The smallest absolute Gasteiger partial charge is 0.301 e. The van der Waals surface area contributed by atoms with Crippen LogP contribution in [-0.2, 0) is 4.84 Å². The van der Waals surface area contributed by atoms with Gasteiger partial charge < -0.3 is 4.84 Å². The standard InChI is InChI=1S/C7H8NO/c1-5-4-7(9-8-5)6-2-3-6/h6H,2-3H2,1H3/q+1. The van der Waals surface area contributed by atoms with E-state index in [-0.39, 0.29) is 0 Å². The molecule has 1 fully saturated rings. The molecule has 1 saturated carbocycles. The molecule has 0 aromatic heterocycles. The first-order chi connectivity index (χ1) is 4.36. The highest BCUT2D eigenvalue weighted by atomic mass is 16.6. The van der Waals surface area contributed by atoms with Crippen molar-refractivity contribution >= 4 is 5.71 Å². The van der Waals surface area contributed by atoms with Crippen LogP contribution in [0.5, 0.6) is 0 Å². The number of hydrogen-bond acceptors (Lipinski definition) is 2. The zero-order chi connectivity index (χ0) is 6.27. The van der Waals surface area contributed by atoms with Gasteiger partial charge in [-0.1, -0.05) is 0 Å². The van der Waals surface area contributed by atoms with E-state index < -0.39 is 0 Å². The summed E-state index contributed by atoms with van der Waals surface area (Å²) in [4.78, 5) is 4.98. The molecule has 0 radical (unpaired) electrons. The highest BCUT2D eigenvalue weighted by Crippen LogP contribution is 2.38. The molecule has 1 aliphatic carbocycles. The zero-order valence-corrected chi connectivity index (χ0v) is 5.35. The molecule has 0 bridgehead atoms. The second-order valence-electron chi connectivity index (χ2n) is 2.53.